The standard InChI is InChI=1S/C19H22N6OS/c26-18(15-11-23-25-16(15)13-5-2-1-3-6-13)22-10-7-14-12-27-19(24-14)17-20-8-4-9-21-17/h4,8-9,11-13H,1-3,5-7,10H2,(H,22,26)(H,23,25). The first-order chi connectivity index (χ1) is 13.3. The molecule has 4 rings (SSSR count). The zero-order valence-electron chi connectivity index (χ0n) is 15.0. The Morgan fingerprint density at radius 3 is 2.85 bits per heavy atom. The van der Waals surface area contributed by atoms with E-state index in [1.807, 2.05) is 5.38 Å². The van der Waals surface area contributed by atoms with Gasteiger partial charge in [0.25, 0.3) is 5.91 Å². The van der Waals surface area contributed by atoms with Crippen molar-refractivity contribution in [2.24, 2.45) is 0 Å². The molecule has 0 aromatic carbocycles. The minimum Gasteiger partial charge on any atom is -0.352 e. The van der Waals surface area contributed by atoms with Gasteiger partial charge in [-0.15, -0.1) is 11.3 Å². The lowest BCUT2D eigenvalue weighted by molar-refractivity contribution is 0.0952. The molecule has 0 aliphatic heterocycles. The Hall–Kier alpha value is -2.61. The van der Waals surface area contributed by atoms with Crippen LogP contribution in [0.3, 0.4) is 0 Å². The lowest BCUT2D eigenvalue weighted by Crippen LogP contribution is -2.27. The van der Waals surface area contributed by atoms with E-state index in [-0.39, 0.29) is 5.91 Å². The second kappa shape index (κ2) is 8.39. The largest absolute Gasteiger partial charge is 0.352 e. The second-order valence-corrected chi connectivity index (χ2v) is 7.61. The van der Waals surface area contributed by atoms with Crippen LogP contribution in [0.5, 0.6) is 0 Å². The number of thiazole rings is 1. The van der Waals surface area contributed by atoms with Gasteiger partial charge in [-0.2, -0.15) is 5.10 Å². The molecule has 8 heteroatoms. The van der Waals surface area contributed by atoms with Crippen LogP contribution in [0, 0.1) is 0 Å². The number of rotatable bonds is 6. The van der Waals surface area contributed by atoms with Crippen LogP contribution in [0.2, 0.25) is 0 Å². The Labute approximate surface area is 161 Å². The fraction of sp³-hybridized carbons (Fsp3) is 0.421. The number of amides is 1. The van der Waals surface area contributed by atoms with E-state index in [2.05, 4.69) is 30.5 Å². The fourth-order valence-corrected chi connectivity index (χ4v) is 4.31. The molecule has 0 spiro atoms. The van der Waals surface area contributed by atoms with Gasteiger partial charge < -0.3 is 5.32 Å². The van der Waals surface area contributed by atoms with E-state index in [1.54, 1.807) is 24.7 Å². The molecule has 27 heavy (non-hydrogen) atoms. The van der Waals surface area contributed by atoms with Gasteiger partial charge >= 0.3 is 0 Å². The molecular weight excluding hydrogens is 360 g/mol. The highest BCUT2D eigenvalue weighted by Gasteiger charge is 2.23. The van der Waals surface area contributed by atoms with Crippen molar-refractivity contribution in [2.45, 2.75) is 44.4 Å². The summed E-state index contributed by atoms with van der Waals surface area (Å²) in [5.41, 5.74) is 2.60. The lowest BCUT2D eigenvalue weighted by Gasteiger charge is -2.21. The Morgan fingerprint density at radius 1 is 1.22 bits per heavy atom. The van der Waals surface area contributed by atoms with Gasteiger partial charge in [-0.05, 0) is 18.9 Å². The molecule has 0 saturated heterocycles. The van der Waals surface area contributed by atoms with Crippen LogP contribution in [0.1, 0.15) is 59.8 Å². The average molecular weight is 382 g/mol. The van der Waals surface area contributed by atoms with Gasteiger partial charge in [0.2, 0.25) is 0 Å². The lowest BCUT2D eigenvalue weighted by atomic mass is 9.85. The van der Waals surface area contributed by atoms with Crippen molar-refractivity contribution in [3.63, 3.8) is 0 Å². The quantitative estimate of drug-likeness (QED) is 0.681. The minimum atomic E-state index is -0.0637. The maximum Gasteiger partial charge on any atom is 0.254 e. The summed E-state index contributed by atoms with van der Waals surface area (Å²) in [4.78, 5) is 25.6. The zero-order chi connectivity index (χ0) is 18.5. The van der Waals surface area contributed by atoms with E-state index in [0.29, 0.717) is 30.3 Å². The zero-order valence-corrected chi connectivity index (χ0v) is 15.8. The number of aromatic amines is 1. The van der Waals surface area contributed by atoms with Crippen LogP contribution in [-0.2, 0) is 6.42 Å². The van der Waals surface area contributed by atoms with Crippen molar-refractivity contribution < 1.29 is 4.79 Å². The predicted octanol–water partition coefficient (Wildman–Crippen LogP) is 3.34. The molecule has 7 nitrogen and oxygen atoms in total. The van der Waals surface area contributed by atoms with Crippen molar-refractivity contribution in [3.8, 4) is 10.8 Å². The van der Waals surface area contributed by atoms with Crippen molar-refractivity contribution in [2.75, 3.05) is 6.54 Å². The van der Waals surface area contributed by atoms with Crippen molar-refractivity contribution in [3.05, 3.63) is 47.0 Å². The molecule has 1 aliphatic carbocycles. The number of carbonyl (C=O) groups excluding carboxylic acids is 1. The highest BCUT2D eigenvalue weighted by Crippen LogP contribution is 2.33. The number of aromatic nitrogens is 5. The van der Waals surface area contributed by atoms with E-state index < -0.39 is 0 Å². The third-order valence-corrected chi connectivity index (χ3v) is 5.79. The highest BCUT2D eigenvalue weighted by molar-refractivity contribution is 7.13. The van der Waals surface area contributed by atoms with Gasteiger partial charge in [-0.3, -0.25) is 9.89 Å². The van der Waals surface area contributed by atoms with E-state index in [4.69, 9.17) is 0 Å². The summed E-state index contributed by atoms with van der Waals surface area (Å²) in [6, 6.07) is 1.78. The molecule has 3 aromatic heterocycles. The SMILES string of the molecule is O=C(NCCc1csc(-c2ncccn2)n1)c1cn[nH]c1C1CCCCC1. The third-order valence-electron chi connectivity index (χ3n) is 4.90. The molecule has 3 heterocycles. The van der Waals surface area contributed by atoms with Gasteiger partial charge in [-0.1, -0.05) is 19.3 Å². The molecule has 1 saturated carbocycles. The topological polar surface area (TPSA) is 96.5 Å². The molecule has 1 aliphatic rings. The first-order valence-electron chi connectivity index (χ1n) is 9.34. The van der Waals surface area contributed by atoms with Gasteiger partial charge in [-0.25, -0.2) is 15.0 Å². The maximum absolute atomic E-state index is 12.6. The van der Waals surface area contributed by atoms with Gasteiger partial charge in [0.05, 0.1) is 23.1 Å². The summed E-state index contributed by atoms with van der Waals surface area (Å²) in [5.74, 6) is 0.994. The normalized spacial score (nSPS) is 15.0. The van der Waals surface area contributed by atoms with Crippen LogP contribution in [0.25, 0.3) is 10.8 Å². The summed E-state index contributed by atoms with van der Waals surface area (Å²) in [7, 11) is 0. The number of H-pyrrole nitrogens is 1. The van der Waals surface area contributed by atoms with Crippen LogP contribution in [0.4, 0.5) is 0 Å². The Morgan fingerprint density at radius 2 is 2.04 bits per heavy atom. The first kappa shape index (κ1) is 17.8. The van der Waals surface area contributed by atoms with Crippen LogP contribution >= 0.6 is 11.3 Å². The molecule has 0 bridgehead atoms. The monoisotopic (exact) mass is 382 g/mol. The van der Waals surface area contributed by atoms with Crippen molar-refractivity contribution in [1.29, 1.82) is 0 Å². The summed E-state index contributed by atoms with van der Waals surface area (Å²) < 4.78 is 0. The number of nitrogens with one attached hydrogen (secondary N) is 2. The summed E-state index contributed by atoms with van der Waals surface area (Å²) in [5, 5.41) is 12.9. The Balaban J connectivity index is 1.33. The molecule has 1 fully saturated rings. The van der Waals surface area contributed by atoms with E-state index in [0.717, 1.165) is 29.2 Å². The number of hydrogen-bond acceptors (Lipinski definition) is 6. The van der Waals surface area contributed by atoms with Crippen LogP contribution in [-0.4, -0.2) is 37.6 Å². The smallest absolute Gasteiger partial charge is 0.254 e. The third kappa shape index (κ3) is 4.21. The Bertz CT molecular complexity index is 885. The number of carbonyl (C=O) groups is 1. The Kier molecular flexibility index (Phi) is 5.53. The fourth-order valence-electron chi connectivity index (χ4n) is 3.51. The molecule has 140 valence electrons. The van der Waals surface area contributed by atoms with Crippen LogP contribution < -0.4 is 5.32 Å². The minimum absolute atomic E-state index is 0.0637. The van der Waals surface area contributed by atoms with E-state index in [9.17, 15) is 4.79 Å². The van der Waals surface area contributed by atoms with Gasteiger partial charge in [0.1, 0.15) is 0 Å². The first-order valence-corrected chi connectivity index (χ1v) is 10.2. The molecule has 0 atom stereocenters. The molecule has 0 unspecified atom stereocenters. The van der Waals surface area contributed by atoms with Crippen LogP contribution in [0.15, 0.2) is 30.0 Å². The van der Waals surface area contributed by atoms with Gasteiger partial charge in [0.15, 0.2) is 10.8 Å². The summed E-state index contributed by atoms with van der Waals surface area (Å²) in [6.07, 6.45) is 11.7. The summed E-state index contributed by atoms with van der Waals surface area (Å²) >= 11 is 1.52. The molecule has 1 amide bonds. The molecule has 0 radical (unpaired) electrons. The van der Waals surface area contributed by atoms with E-state index in [1.165, 1.54) is 30.6 Å². The molecule has 2 N–H and O–H groups in total. The molecular formula is C19H22N6OS. The predicted molar refractivity (Wildman–Crippen MR) is 104 cm³/mol. The van der Waals surface area contributed by atoms with Crippen molar-refractivity contribution >= 4 is 17.2 Å². The summed E-state index contributed by atoms with van der Waals surface area (Å²) in [6.45, 7) is 0.535. The maximum atomic E-state index is 12.6. The average Bonchev–Trinajstić information content (AvgIpc) is 3.39. The number of nitrogens with zero attached hydrogens (tertiary/aromatic N) is 4. The second-order valence-electron chi connectivity index (χ2n) is 6.75. The van der Waals surface area contributed by atoms with E-state index >= 15 is 0 Å². The van der Waals surface area contributed by atoms with Crippen molar-refractivity contribution in [1.82, 2.24) is 30.5 Å². The molecule has 3 aromatic rings. The van der Waals surface area contributed by atoms with Gasteiger partial charge in [0, 0.05) is 36.7 Å². The highest BCUT2D eigenvalue weighted by atomic mass is 32.1. The number of hydrogen-bond donors (Lipinski definition) is 2.